The molecule has 0 aliphatic carbocycles. The lowest BCUT2D eigenvalue weighted by atomic mass is 9.89. The van der Waals surface area contributed by atoms with E-state index in [0.29, 0.717) is 6.42 Å². The number of carbonyl (C=O) groups is 2. The fourth-order valence-corrected chi connectivity index (χ4v) is 3.86. The summed E-state index contributed by atoms with van der Waals surface area (Å²) >= 11 is 0. The molecule has 3 unspecified atom stereocenters. The maximum absolute atomic E-state index is 12.7. The van der Waals surface area contributed by atoms with Crippen LogP contribution in [0.25, 0.3) is 10.9 Å². The van der Waals surface area contributed by atoms with E-state index < -0.39 is 6.04 Å². The van der Waals surface area contributed by atoms with Crippen molar-refractivity contribution < 1.29 is 9.59 Å². The Labute approximate surface area is 142 Å². The normalized spacial score (nSPS) is 26.0. The zero-order valence-corrected chi connectivity index (χ0v) is 15.0. The van der Waals surface area contributed by atoms with Gasteiger partial charge in [-0.05, 0) is 25.5 Å². The van der Waals surface area contributed by atoms with E-state index in [4.69, 9.17) is 0 Å². The molecule has 0 bridgehead atoms. The molecule has 1 aromatic heterocycles. The molecule has 3 heterocycles. The van der Waals surface area contributed by atoms with Gasteiger partial charge in [0.2, 0.25) is 11.8 Å². The van der Waals surface area contributed by atoms with Crippen molar-refractivity contribution >= 4 is 22.7 Å². The van der Waals surface area contributed by atoms with Crippen LogP contribution in [0, 0.1) is 0 Å². The molecule has 2 aliphatic rings. The van der Waals surface area contributed by atoms with Gasteiger partial charge < -0.3 is 14.8 Å². The van der Waals surface area contributed by atoms with E-state index in [9.17, 15) is 9.59 Å². The van der Waals surface area contributed by atoms with E-state index in [1.54, 1.807) is 23.8 Å². The molecule has 5 heteroatoms. The Hall–Kier alpha value is -2.30. The molecule has 0 spiro atoms. The van der Waals surface area contributed by atoms with Crippen molar-refractivity contribution in [2.45, 2.75) is 52.2 Å². The number of nitrogens with zero attached hydrogens (tertiary/aromatic N) is 2. The number of carbonyl (C=O) groups excluding carboxylic acids is 2. The van der Waals surface area contributed by atoms with Gasteiger partial charge in [0, 0.05) is 30.1 Å². The largest absolute Gasteiger partial charge is 0.356 e. The van der Waals surface area contributed by atoms with Gasteiger partial charge >= 0.3 is 0 Å². The van der Waals surface area contributed by atoms with E-state index in [0.717, 1.165) is 16.6 Å². The highest BCUT2D eigenvalue weighted by molar-refractivity contribution is 5.98. The fourth-order valence-electron chi connectivity index (χ4n) is 3.86. The highest BCUT2D eigenvalue weighted by atomic mass is 16.2. The number of H-pyrrole nitrogens is 1. The number of benzene rings is 1. The van der Waals surface area contributed by atoms with Crippen LogP contribution in [-0.4, -0.2) is 45.7 Å². The third-order valence-electron chi connectivity index (χ3n) is 5.24. The summed E-state index contributed by atoms with van der Waals surface area (Å²) in [5.41, 5.74) is 3.31. The molecule has 24 heavy (non-hydrogen) atoms. The van der Waals surface area contributed by atoms with Crippen LogP contribution in [0.1, 0.15) is 45.0 Å². The van der Waals surface area contributed by atoms with Crippen molar-refractivity contribution in [3.05, 3.63) is 35.5 Å². The second-order valence-electron chi connectivity index (χ2n) is 6.33. The number of nitrogens with one attached hydrogen (secondary N) is 1. The minimum atomic E-state index is -0.392. The first kappa shape index (κ1) is 16.6. The number of hydrogen-bond acceptors (Lipinski definition) is 2. The molecule has 5 nitrogen and oxygen atoms in total. The lowest BCUT2D eigenvalue weighted by Crippen LogP contribution is -2.64. The average Bonchev–Trinajstić information content (AvgIpc) is 2.99. The minimum Gasteiger partial charge on any atom is -0.356 e. The van der Waals surface area contributed by atoms with Gasteiger partial charge in [0.15, 0.2) is 0 Å². The summed E-state index contributed by atoms with van der Waals surface area (Å²) in [5.74, 6) is 0.0683. The monoisotopic (exact) mass is 327 g/mol. The van der Waals surface area contributed by atoms with Crippen molar-refractivity contribution in [1.29, 1.82) is 0 Å². The molecular weight excluding hydrogens is 302 g/mol. The number of fused-ring (bicyclic) bond motifs is 4. The average molecular weight is 327 g/mol. The second-order valence-corrected chi connectivity index (χ2v) is 6.33. The standard InChI is InChI=1S/C17H19N3O2.C2H6/c1-9-15-12(11-6-4-5-7-13(11)18-15)8-14-17(22)19(3)10(2)16(21)20(9)14;1-2/h4-7,9-10,14,18H,8H2,1-3H3;1-2H3. The Balaban J connectivity index is 0.000000815. The molecule has 2 aromatic rings. The SMILES string of the molecule is CC.CC1C(=O)N2C(Cc3c([nH]c4ccccc34)C2C)C(=O)N1C. The predicted octanol–water partition coefficient (Wildman–Crippen LogP) is 2.87. The zero-order chi connectivity index (χ0) is 17.6. The fraction of sp³-hybridized carbons (Fsp3) is 0.474. The third kappa shape index (κ3) is 2.14. The van der Waals surface area contributed by atoms with Crippen LogP contribution in [-0.2, 0) is 16.0 Å². The van der Waals surface area contributed by atoms with Crippen LogP contribution < -0.4 is 0 Å². The Bertz CT molecular complexity index is 795. The number of aromatic nitrogens is 1. The van der Waals surface area contributed by atoms with Crippen molar-refractivity contribution in [3.8, 4) is 0 Å². The van der Waals surface area contributed by atoms with E-state index in [2.05, 4.69) is 11.1 Å². The maximum atomic E-state index is 12.7. The van der Waals surface area contributed by atoms with Crippen molar-refractivity contribution in [2.24, 2.45) is 0 Å². The van der Waals surface area contributed by atoms with E-state index in [1.807, 2.05) is 39.0 Å². The molecule has 4 rings (SSSR count). The van der Waals surface area contributed by atoms with Gasteiger partial charge in [0.05, 0.1) is 6.04 Å². The lowest BCUT2D eigenvalue weighted by Gasteiger charge is -2.47. The van der Waals surface area contributed by atoms with Crippen LogP contribution in [0.15, 0.2) is 24.3 Å². The van der Waals surface area contributed by atoms with Crippen LogP contribution in [0.2, 0.25) is 0 Å². The Kier molecular flexibility index (Phi) is 4.11. The van der Waals surface area contributed by atoms with Crippen molar-refractivity contribution in [2.75, 3.05) is 7.05 Å². The second kappa shape index (κ2) is 5.96. The molecule has 2 aliphatic heterocycles. The molecular formula is C19H25N3O2. The van der Waals surface area contributed by atoms with Gasteiger partial charge in [-0.25, -0.2) is 0 Å². The van der Waals surface area contributed by atoms with Crippen LogP contribution in [0.4, 0.5) is 0 Å². The Morgan fingerprint density at radius 1 is 1.04 bits per heavy atom. The van der Waals surface area contributed by atoms with Gasteiger partial charge in [0.1, 0.15) is 12.1 Å². The van der Waals surface area contributed by atoms with Gasteiger partial charge in [-0.1, -0.05) is 32.0 Å². The highest BCUT2D eigenvalue weighted by Gasteiger charge is 2.48. The number of amides is 2. The van der Waals surface area contributed by atoms with E-state index in [1.165, 1.54) is 5.56 Å². The first-order valence-electron chi connectivity index (χ1n) is 8.69. The molecule has 1 aromatic carbocycles. The van der Waals surface area contributed by atoms with Gasteiger partial charge in [-0.15, -0.1) is 0 Å². The van der Waals surface area contributed by atoms with Crippen LogP contribution >= 0.6 is 0 Å². The number of aromatic amines is 1. The van der Waals surface area contributed by atoms with Crippen LogP contribution in [0.3, 0.4) is 0 Å². The molecule has 3 atom stereocenters. The summed E-state index contributed by atoms with van der Waals surface area (Å²) in [6.45, 7) is 7.80. The summed E-state index contributed by atoms with van der Waals surface area (Å²) in [4.78, 5) is 32.1. The van der Waals surface area contributed by atoms with Crippen molar-refractivity contribution in [1.82, 2.24) is 14.8 Å². The first-order valence-corrected chi connectivity index (χ1v) is 8.69. The summed E-state index contributed by atoms with van der Waals surface area (Å²) in [6.07, 6.45) is 0.589. The van der Waals surface area contributed by atoms with E-state index in [-0.39, 0.29) is 23.9 Å². The molecule has 1 fully saturated rings. The molecule has 1 N–H and O–H groups in total. The van der Waals surface area contributed by atoms with Crippen molar-refractivity contribution in [3.63, 3.8) is 0 Å². The summed E-state index contributed by atoms with van der Waals surface area (Å²) in [7, 11) is 1.72. The predicted molar refractivity (Wildman–Crippen MR) is 94.6 cm³/mol. The Morgan fingerprint density at radius 2 is 1.71 bits per heavy atom. The first-order chi connectivity index (χ1) is 11.5. The number of hydrogen-bond donors (Lipinski definition) is 1. The minimum absolute atomic E-state index is 0.0314. The van der Waals surface area contributed by atoms with Gasteiger partial charge in [0.25, 0.3) is 0 Å². The molecule has 0 radical (unpaired) electrons. The van der Waals surface area contributed by atoms with E-state index >= 15 is 0 Å². The highest BCUT2D eigenvalue weighted by Crippen LogP contribution is 2.39. The van der Waals surface area contributed by atoms with Gasteiger partial charge in [-0.3, -0.25) is 9.59 Å². The lowest BCUT2D eigenvalue weighted by molar-refractivity contribution is -0.162. The zero-order valence-electron chi connectivity index (χ0n) is 15.0. The Morgan fingerprint density at radius 3 is 2.42 bits per heavy atom. The molecule has 1 saturated heterocycles. The quantitative estimate of drug-likeness (QED) is 0.809. The third-order valence-corrected chi connectivity index (χ3v) is 5.24. The molecule has 128 valence electrons. The molecule has 2 amide bonds. The number of piperazine rings is 1. The number of para-hydroxylation sites is 1. The topological polar surface area (TPSA) is 56.4 Å². The maximum Gasteiger partial charge on any atom is 0.246 e. The molecule has 0 saturated carbocycles. The number of likely N-dealkylation sites (N-methyl/N-ethyl adjacent to an activating group) is 1. The number of rotatable bonds is 0. The van der Waals surface area contributed by atoms with Crippen LogP contribution in [0.5, 0.6) is 0 Å². The summed E-state index contributed by atoms with van der Waals surface area (Å²) in [6, 6.07) is 7.25. The smallest absolute Gasteiger partial charge is 0.246 e. The summed E-state index contributed by atoms with van der Waals surface area (Å²) < 4.78 is 0. The van der Waals surface area contributed by atoms with Gasteiger partial charge in [-0.2, -0.15) is 0 Å². The summed E-state index contributed by atoms with van der Waals surface area (Å²) in [5, 5.41) is 1.16.